The van der Waals surface area contributed by atoms with Crippen molar-refractivity contribution >= 4 is 23.1 Å². The maximum Gasteiger partial charge on any atom is 0.226 e. The summed E-state index contributed by atoms with van der Waals surface area (Å²) in [5.74, 6) is 0.0616. The lowest BCUT2D eigenvalue weighted by Gasteiger charge is -2.09. The zero-order chi connectivity index (χ0) is 12.4. The number of rotatable bonds is 3. The van der Waals surface area contributed by atoms with Crippen molar-refractivity contribution in [3.05, 3.63) is 35.5 Å². The second-order valence-electron chi connectivity index (χ2n) is 4.23. The summed E-state index contributed by atoms with van der Waals surface area (Å²) in [4.78, 5) is 26.8. The molecule has 0 saturated heterocycles. The minimum atomic E-state index is 0.0616. The fourth-order valence-corrected chi connectivity index (χ4v) is 1.70. The van der Waals surface area contributed by atoms with Crippen molar-refractivity contribution in [1.82, 2.24) is 9.88 Å². The monoisotopic (exact) mass is 230 g/mol. The van der Waals surface area contributed by atoms with Crippen LogP contribution in [0.5, 0.6) is 0 Å². The number of aldehydes is 1. The average Bonchev–Trinajstić information content (AvgIpc) is 2.70. The van der Waals surface area contributed by atoms with Gasteiger partial charge in [-0.2, -0.15) is 0 Å². The molecule has 0 bridgehead atoms. The lowest BCUT2D eigenvalue weighted by molar-refractivity contribution is -0.127. The van der Waals surface area contributed by atoms with Gasteiger partial charge in [-0.3, -0.25) is 9.59 Å². The molecular formula is C13H14N2O2. The molecule has 1 heterocycles. The van der Waals surface area contributed by atoms with Crippen LogP contribution in [0, 0.1) is 0 Å². The molecule has 88 valence electrons. The molecular weight excluding hydrogens is 216 g/mol. The number of fused-ring (bicyclic) bond motifs is 1. The number of likely N-dealkylation sites (N-methyl/N-ethyl adjacent to an activating group) is 1. The molecule has 4 nitrogen and oxygen atoms in total. The normalized spacial score (nSPS) is 10.5. The Morgan fingerprint density at radius 1 is 1.35 bits per heavy atom. The van der Waals surface area contributed by atoms with Crippen LogP contribution in [0.2, 0.25) is 0 Å². The molecule has 1 N–H and O–H groups in total. The van der Waals surface area contributed by atoms with Gasteiger partial charge in [0.05, 0.1) is 12.1 Å². The minimum Gasteiger partial charge on any atom is -0.352 e. The Bertz CT molecular complexity index is 570. The van der Waals surface area contributed by atoms with Gasteiger partial charge in [-0.05, 0) is 17.7 Å². The van der Waals surface area contributed by atoms with Crippen LogP contribution in [0.4, 0.5) is 0 Å². The largest absolute Gasteiger partial charge is 0.352 e. The Morgan fingerprint density at radius 2 is 2.12 bits per heavy atom. The molecule has 0 unspecified atom stereocenters. The Kier molecular flexibility index (Phi) is 2.95. The number of aromatic amines is 1. The van der Waals surface area contributed by atoms with Crippen LogP contribution in [0.1, 0.15) is 16.1 Å². The number of nitrogens with one attached hydrogen (secondary N) is 1. The van der Waals surface area contributed by atoms with Gasteiger partial charge in [0, 0.05) is 25.0 Å². The van der Waals surface area contributed by atoms with E-state index in [2.05, 4.69) is 4.98 Å². The molecule has 0 radical (unpaired) electrons. The van der Waals surface area contributed by atoms with E-state index in [0.717, 1.165) is 22.8 Å². The van der Waals surface area contributed by atoms with Crippen LogP contribution in [-0.4, -0.2) is 36.2 Å². The van der Waals surface area contributed by atoms with Crippen molar-refractivity contribution in [2.24, 2.45) is 0 Å². The van der Waals surface area contributed by atoms with Crippen LogP contribution in [0.3, 0.4) is 0 Å². The molecule has 0 aliphatic carbocycles. The van der Waals surface area contributed by atoms with Crippen molar-refractivity contribution in [2.75, 3.05) is 14.1 Å². The highest BCUT2D eigenvalue weighted by molar-refractivity contribution is 5.89. The summed E-state index contributed by atoms with van der Waals surface area (Å²) < 4.78 is 0. The second kappa shape index (κ2) is 4.41. The van der Waals surface area contributed by atoms with Gasteiger partial charge in [-0.15, -0.1) is 0 Å². The van der Waals surface area contributed by atoms with Gasteiger partial charge < -0.3 is 9.88 Å². The van der Waals surface area contributed by atoms with Gasteiger partial charge in [-0.25, -0.2) is 0 Å². The standard InChI is InChI=1S/C13H14N2O2/c1-15(2)13(17)6-9-3-4-10-7-11(8-16)14-12(10)5-9/h3-5,7-8,14H,6H2,1-2H3. The molecule has 2 rings (SSSR count). The lowest BCUT2D eigenvalue weighted by atomic mass is 10.1. The highest BCUT2D eigenvalue weighted by Gasteiger charge is 2.07. The van der Waals surface area contributed by atoms with E-state index in [1.807, 2.05) is 18.2 Å². The molecule has 2 aromatic rings. The van der Waals surface area contributed by atoms with E-state index in [0.29, 0.717) is 12.1 Å². The number of aromatic nitrogens is 1. The van der Waals surface area contributed by atoms with Gasteiger partial charge in [-0.1, -0.05) is 12.1 Å². The van der Waals surface area contributed by atoms with Crippen LogP contribution < -0.4 is 0 Å². The highest BCUT2D eigenvalue weighted by Crippen LogP contribution is 2.17. The Hall–Kier alpha value is -2.10. The van der Waals surface area contributed by atoms with Crippen molar-refractivity contribution in [3.63, 3.8) is 0 Å². The van der Waals surface area contributed by atoms with Gasteiger partial charge >= 0.3 is 0 Å². The Morgan fingerprint density at radius 3 is 2.76 bits per heavy atom. The van der Waals surface area contributed by atoms with Crippen LogP contribution >= 0.6 is 0 Å². The summed E-state index contributed by atoms with van der Waals surface area (Å²) in [5, 5.41) is 0.980. The quantitative estimate of drug-likeness (QED) is 0.814. The summed E-state index contributed by atoms with van der Waals surface area (Å²) >= 11 is 0. The summed E-state index contributed by atoms with van der Waals surface area (Å²) in [6.45, 7) is 0. The summed E-state index contributed by atoms with van der Waals surface area (Å²) in [6, 6.07) is 7.52. The second-order valence-corrected chi connectivity index (χ2v) is 4.23. The molecule has 0 atom stereocenters. The van der Waals surface area contributed by atoms with E-state index in [1.165, 1.54) is 0 Å². The SMILES string of the molecule is CN(C)C(=O)Cc1ccc2cc(C=O)[nH]c2c1. The predicted molar refractivity (Wildman–Crippen MR) is 66.1 cm³/mol. The van der Waals surface area contributed by atoms with Crippen LogP contribution in [-0.2, 0) is 11.2 Å². The van der Waals surface area contributed by atoms with Crippen molar-refractivity contribution < 1.29 is 9.59 Å². The molecule has 0 aliphatic rings. The maximum atomic E-state index is 11.6. The Balaban J connectivity index is 2.31. The number of carbonyl (C=O) groups excluding carboxylic acids is 2. The van der Waals surface area contributed by atoms with Gasteiger partial charge in [0.1, 0.15) is 0 Å². The maximum absolute atomic E-state index is 11.6. The zero-order valence-electron chi connectivity index (χ0n) is 9.86. The van der Waals surface area contributed by atoms with Crippen LogP contribution in [0.25, 0.3) is 10.9 Å². The van der Waals surface area contributed by atoms with Gasteiger partial charge in [0.25, 0.3) is 0 Å². The number of benzene rings is 1. The van der Waals surface area contributed by atoms with E-state index in [1.54, 1.807) is 25.1 Å². The van der Waals surface area contributed by atoms with Crippen molar-refractivity contribution in [3.8, 4) is 0 Å². The first kappa shape index (κ1) is 11.4. The molecule has 1 aromatic heterocycles. The van der Waals surface area contributed by atoms with Crippen molar-refractivity contribution in [2.45, 2.75) is 6.42 Å². The summed E-state index contributed by atoms with van der Waals surface area (Å²) in [6.07, 6.45) is 1.16. The summed E-state index contributed by atoms with van der Waals surface area (Å²) in [7, 11) is 3.47. The molecule has 1 amide bonds. The number of H-pyrrole nitrogens is 1. The zero-order valence-corrected chi connectivity index (χ0v) is 9.86. The van der Waals surface area contributed by atoms with Gasteiger partial charge in [0.15, 0.2) is 6.29 Å². The van der Waals surface area contributed by atoms with Crippen LogP contribution in [0.15, 0.2) is 24.3 Å². The number of hydrogen-bond donors (Lipinski definition) is 1. The predicted octanol–water partition coefficient (Wildman–Crippen LogP) is 1.61. The topological polar surface area (TPSA) is 53.2 Å². The molecule has 4 heteroatoms. The smallest absolute Gasteiger partial charge is 0.226 e. The molecule has 1 aromatic carbocycles. The van der Waals surface area contributed by atoms with Gasteiger partial charge in [0.2, 0.25) is 5.91 Å². The fourth-order valence-electron chi connectivity index (χ4n) is 1.70. The summed E-state index contributed by atoms with van der Waals surface area (Å²) in [5.41, 5.74) is 2.38. The third kappa shape index (κ3) is 2.36. The Labute approximate surface area is 99.2 Å². The molecule has 0 fully saturated rings. The first-order chi connectivity index (χ1) is 8.10. The number of carbonyl (C=O) groups is 2. The lowest BCUT2D eigenvalue weighted by Crippen LogP contribution is -2.23. The first-order valence-corrected chi connectivity index (χ1v) is 5.37. The highest BCUT2D eigenvalue weighted by atomic mass is 16.2. The van der Waals surface area contributed by atoms with E-state index >= 15 is 0 Å². The van der Waals surface area contributed by atoms with E-state index in [4.69, 9.17) is 0 Å². The van der Waals surface area contributed by atoms with Crippen molar-refractivity contribution in [1.29, 1.82) is 0 Å². The van der Waals surface area contributed by atoms with E-state index < -0.39 is 0 Å². The minimum absolute atomic E-state index is 0.0616. The molecule has 17 heavy (non-hydrogen) atoms. The fraction of sp³-hybridized carbons (Fsp3) is 0.231. The van der Waals surface area contributed by atoms with E-state index in [-0.39, 0.29) is 5.91 Å². The third-order valence-electron chi connectivity index (χ3n) is 2.69. The third-order valence-corrected chi connectivity index (χ3v) is 2.69. The molecule has 0 saturated carbocycles. The molecule has 0 spiro atoms. The number of amides is 1. The first-order valence-electron chi connectivity index (χ1n) is 5.37. The average molecular weight is 230 g/mol. The number of hydrogen-bond acceptors (Lipinski definition) is 2. The number of nitrogens with zero attached hydrogens (tertiary/aromatic N) is 1. The molecule has 0 aliphatic heterocycles. The van der Waals surface area contributed by atoms with E-state index in [9.17, 15) is 9.59 Å².